The molecule has 2 aromatic rings. The van der Waals surface area contributed by atoms with Crippen molar-refractivity contribution in [2.75, 3.05) is 7.11 Å². The lowest BCUT2D eigenvalue weighted by atomic mass is 9.81. The van der Waals surface area contributed by atoms with E-state index >= 15 is 0 Å². The zero-order chi connectivity index (χ0) is 17.2. The van der Waals surface area contributed by atoms with Gasteiger partial charge < -0.3 is 9.30 Å². The molecule has 1 fully saturated rings. The molecule has 2 aromatic heterocycles. The largest absolute Gasteiger partial charge is 0.481 e. The summed E-state index contributed by atoms with van der Waals surface area (Å²) >= 11 is 0. The molecular weight excluding hydrogens is 316 g/mol. The summed E-state index contributed by atoms with van der Waals surface area (Å²) in [5.41, 5.74) is 12.2. The molecule has 0 amide bonds. The van der Waals surface area contributed by atoms with Crippen molar-refractivity contribution in [3.8, 4) is 17.1 Å². The highest BCUT2D eigenvalue weighted by Gasteiger charge is 2.34. The maximum absolute atomic E-state index is 9.08. The SMILES string of the molecule is COc1ccc2c(n1)C(CC(N=[N+]=[N-])C1CCCCC1)n1cncc1-2. The van der Waals surface area contributed by atoms with E-state index in [-0.39, 0.29) is 12.1 Å². The Kier molecular flexibility index (Phi) is 4.32. The second-order valence-corrected chi connectivity index (χ2v) is 6.89. The van der Waals surface area contributed by atoms with Gasteiger partial charge in [0.25, 0.3) is 0 Å². The Hall–Kier alpha value is -2.53. The van der Waals surface area contributed by atoms with Gasteiger partial charge in [-0.1, -0.05) is 37.2 Å². The molecule has 1 saturated carbocycles. The van der Waals surface area contributed by atoms with Crippen LogP contribution in [-0.4, -0.2) is 27.7 Å². The standard InChI is InChI=1S/C18H22N6O/c1-25-17-8-7-13-16-10-20-11-24(16)15(18(13)21-17)9-14(22-23-19)12-5-3-2-4-6-12/h7-8,10-12,14-15H,2-6,9H2,1H3. The molecule has 0 saturated heterocycles. The number of methoxy groups -OCH3 is 1. The van der Waals surface area contributed by atoms with E-state index in [2.05, 4.69) is 19.6 Å². The van der Waals surface area contributed by atoms with Gasteiger partial charge in [-0.15, -0.1) is 0 Å². The highest BCUT2D eigenvalue weighted by molar-refractivity contribution is 5.67. The molecular formula is C18H22N6O. The number of azide groups is 1. The Morgan fingerprint density at radius 2 is 2.20 bits per heavy atom. The van der Waals surface area contributed by atoms with Crippen molar-refractivity contribution in [1.29, 1.82) is 0 Å². The topological polar surface area (TPSA) is 88.7 Å². The summed E-state index contributed by atoms with van der Waals surface area (Å²) in [6.07, 6.45) is 10.5. The first-order valence-corrected chi connectivity index (χ1v) is 8.93. The quantitative estimate of drug-likeness (QED) is 0.456. The smallest absolute Gasteiger partial charge is 0.213 e. The number of hydrogen-bond donors (Lipinski definition) is 0. The zero-order valence-electron chi connectivity index (χ0n) is 14.4. The predicted octanol–water partition coefficient (Wildman–Crippen LogP) is 4.51. The van der Waals surface area contributed by atoms with Crippen molar-refractivity contribution < 1.29 is 4.74 Å². The summed E-state index contributed by atoms with van der Waals surface area (Å²) in [6.45, 7) is 0. The van der Waals surface area contributed by atoms with Crippen LogP contribution in [0.4, 0.5) is 0 Å². The molecule has 0 radical (unpaired) electrons. The van der Waals surface area contributed by atoms with E-state index in [1.165, 1.54) is 19.3 Å². The molecule has 2 atom stereocenters. The lowest BCUT2D eigenvalue weighted by molar-refractivity contribution is 0.278. The van der Waals surface area contributed by atoms with Gasteiger partial charge in [-0.2, -0.15) is 0 Å². The number of hydrogen-bond acceptors (Lipinski definition) is 4. The second-order valence-electron chi connectivity index (χ2n) is 6.89. The Morgan fingerprint density at radius 1 is 1.36 bits per heavy atom. The van der Waals surface area contributed by atoms with Gasteiger partial charge in [-0.3, -0.25) is 0 Å². The van der Waals surface area contributed by atoms with Crippen molar-refractivity contribution in [1.82, 2.24) is 14.5 Å². The first-order valence-electron chi connectivity index (χ1n) is 8.93. The molecule has 7 heteroatoms. The minimum atomic E-state index is -0.00972. The Labute approximate surface area is 146 Å². The number of pyridine rings is 1. The molecule has 0 spiro atoms. The summed E-state index contributed by atoms with van der Waals surface area (Å²) < 4.78 is 7.47. The number of nitrogens with zero attached hydrogens (tertiary/aromatic N) is 6. The zero-order valence-corrected chi connectivity index (χ0v) is 14.4. The van der Waals surface area contributed by atoms with Crippen LogP contribution >= 0.6 is 0 Å². The van der Waals surface area contributed by atoms with Crippen LogP contribution in [0.3, 0.4) is 0 Å². The van der Waals surface area contributed by atoms with Crippen molar-refractivity contribution in [2.24, 2.45) is 11.0 Å². The van der Waals surface area contributed by atoms with Crippen molar-refractivity contribution in [3.63, 3.8) is 0 Å². The van der Waals surface area contributed by atoms with Crippen LogP contribution in [0.1, 0.15) is 50.3 Å². The predicted molar refractivity (Wildman–Crippen MR) is 94.3 cm³/mol. The van der Waals surface area contributed by atoms with Gasteiger partial charge in [0.05, 0.1) is 37.1 Å². The van der Waals surface area contributed by atoms with Crippen LogP contribution in [0.15, 0.2) is 29.8 Å². The van der Waals surface area contributed by atoms with E-state index in [0.29, 0.717) is 11.8 Å². The average molecular weight is 338 g/mol. The van der Waals surface area contributed by atoms with Crippen molar-refractivity contribution >= 4 is 0 Å². The Morgan fingerprint density at radius 3 is 2.96 bits per heavy atom. The molecule has 1 aliphatic heterocycles. The molecule has 0 bridgehead atoms. The van der Waals surface area contributed by atoms with Crippen LogP contribution in [0.2, 0.25) is 0 Å². The van der Waals surface area contributed by atoms with E-state index in [0.717, 1.165) is 36.2 Å². The molecule has 4 rings (SSSR count). The normalized spacial score (nSPS) is 20.4. The van der Waals surface area contributed by atoms with Gasteiger partial charge in [0.15, 0.2) is 0 Å². The lowest BCUT2D eigenvalue weighted by Crippen LogP contribution is -2.25. The molecule has 130 valence electrons. The van der Waals surface area contributed by atoms with Crippen LogP contribution < -0.4 is 4.74 Å². The number of ether oxygens (including phenoxy) is 1. The van der Waals surface area contributed by atoms with E-state index in [1.807, 2.05) is 24.7 Å². The second kappa shape index (κ2) is 6.76. The molecule has 1 aliphatic carbocycles. The highest BCUT2D eigenvalue weighted by atomic mass is 16.5. The molecule has 3 heterocycles. The molecule has 7 nitrogen and oxygen atoms in total. The summed E-state index contributed by atoms with van der Waals surface area (Å²) in [4.78, 5) is 12.1. The minimum absolute atomic E-state index is 0.00972. The third-order valence-electron chi connectivity index (χ3n) is 5.56. The number of rotatable bonds is 5. The van der Waals surface area contributed by atoms with Crippen LogP contribution in [-0.2, 0) is 0 Å². The number of imidazole rings is 1. The first-order chi connectivity index (χ1) is 12.3. The molecule has 25 heavy (non-hydrogen) atoms. The van der Waals surface area contributed by atoms with Gasteiger partial charge in [-0.05, 0) is 23.9 Å². The molecule has 2 unspecified atom stereocenters. The van der Waals surface area contributed by atoms with Crippen LogP contribution in [0.25, 0.3) is 21.7 Å². The fourth-order valence-corrected chi connectivity index (χ4v) is 4.31. The minimum Gasteiger partial charge on any atom is -0.481 e. The maximum atomic E-state index is 9.08. The lowest BCUT2D eigenvalue weighted by Gasteiger charge is -2.29. The highest BCUT2D eigenvalue weighted by Crippen LogP contribution is 2.43. The Balaban J connectivity index is 1.68. The van der Waals surface area contributed by atoms with Crippen molar-refractivity contribution in [3.05, 3.63) is 40.8 Å². The molecule has 0 N–H and O–H groups in total. The fourth-order valence-electron chi connectivity index (χ4n) is 4.31. The van der Waals surface area contributed by atoms with E-state index in [9.17, 15) is 0 Å². The molecule has 0 aromatic carbocycles. The van der Waals surface area contributed by atoms with Gasteiger partial charge >= 0.3 is 0 Å². The van der Waals surface area contributed by atoms with Crippen LogP contribution in [0.5, 0.6) is 5.88 Å². The third-order valence-corrected chi connectivity index (χ3v) is 5.56. The fraction of sp³-hybridized carbons (Fsp3) is 0.556. The van der Waals surface area contributed by atoms with Crippen molar-refractivity contribution in [2.45, 2.75) is 50.6 Å². The summed E-state index contributed by atoms with van der Waals surface area (Å²) in [5.74, 6) is 1.08. The summed E-state index contributed by atoms with van der Waals surface area (Å²) in [5, 5.41) is 4.17. The van der Waals surface area contributed by atoms with Gasteiger partial charge in [0.1, 0.15) is 0 Å². The first kappa shape index (κ1) is 16.0. The monoisotopic (exact) mass is 338 g/mol. The number of fused-ring (bicyclic) bond motifs is 3. The van der Waals surface area contributed by atoms with Crippen LogP contribution in [0, 0.1) is 5.92 Å². The summed E-state index contributed by atoms with van der Waals surface area (Å²) in [7, 11) is 1.63. The Bertz CT molecular complexity index is 804. The average Bonchev–Trinajstić information content (AvgIpc) is 3.24. The van der Waals surface area contributed by atoms with E-state index < -0.39 is 0 Å². The maximum Gasteiger partial charge on any atom is 0.213 e. The van der Waals surface area contributed by atoms with Gasteiger partial charge in [0.2, 0.25) is 5.88 Å². The molecule has 2 aliphatic rings. The summed E-state index contributed by atoms with van der Waals surface area (Å²) in [6, 6.07) is 3.95. The number of aromatic nitrogens is 3. The van der Waals surface area contributed by atoms with Gasteiger partial charge in [0, 0.05) is 22.6 Å². The van der Waals surface area contributed by atoms with Gasteiger partial charge in [-0.25, -0.2) is 9.97 Å². The van der Waals surface area contributed by atoms with E-state index in [4.69, 9.17) is 15.3 Å². The van der Waals surface area contributed by atoms with E-state index in [1.54, 1.807) is 7.11 Å². The third kappa shape index (κ3) is 2.85.